The molecule has 0 saturated heterocycles. The highest BCUT2D eigenvalue weighted by atomic mass is 28.4. The molecule has 229 valence electrons. The summed E-state index contributed by atoms with van der Waals surface area (Å²) in [5, 5.41) is 3.11. The van der Waals surface area contributed by atoms with Crippen molar-refractivity contribution in [3.63, 3.8) is 0 Å². The third kappa shape index (κ3) is 9.96. The Bertz CT molecular complexity index is 845. The minimum absolute atomic E-state index is 0.0752. The van der Waals surface area contributed by atoms with E-state index >= 15 is 0 Å². The Morgan fingerprint density at radius 3 is 1.95 bits per heavy atom. The van der Waals surface area contributed by atoms with Crippen molar-refractivity contribution in [2.45, 2.75) is 77.4 Å². The lowest BCUT2D eigenvalue weighted by atomic mass is 10.0. The summed E-state index contributed by atoms with van der Waals surface area (Å²) in [6, 6.07) is 4.76. The standard InChI is InChI=1S/C28H57N2O5Si5/c1-14-30(15-2)27-24(17-19-36-22-29(4)18-16-20-39(31-5)32-6)28(38(12)13)25(21-26(27)37(10)11)23(3)40(33-7,34-8)35-9/h21,23H,14-20,22H2,1-13H3. The molecule has 1 aromatic rings. The SMILES string of the molecule is CCN(CC)c1c([Si](C)C)cc(C(C)[Si](OC)(OC)OC)c([Si](C)C)c1CC[Si]CN(C)CCC[Si](OC)OC. The molecule has 5 radical (unpaired) electrons. The lowest BCUT2D eigenvalue weighted by molar-refractivity contribution is 0.114. The first-order chi connectivity index (χ1) is 19.0. The van der Waals surface area contributed by atoms with Gasteiger partial charge in [0.1, 0.15) is 0 Å². The van der Waals surface area contributed by atoms with Gasteiger partial charge in [0.15, 0.2) is 0 Å². The summed E-state index contributed by atoms with van der Waals surface area (Å²) in [7, 11) is 6.43. The molecule has 0 spiro atoms. The van der Waals surface area contributed by atoms with Crippen molar-refractivity contribution in [1.82, 2.24) is 4.90 Å². The summed E-state index contributed by atoms with van der Waals surface area (Å²) in [5.41, 5.74) is 4.58. The molecular formula is C28H57N2O5Si5. The minimum Gasteiger partial charge on any atom is -0.397 e. The molecule has 0 aromatic heterocycles. The van der Waals surface area contributed by atoms with Gasteiger partial charge in [-0.2, -0.15) is 0 Å². The van der Waals surface area contributed by atoms with E-state index in [0.29, 0.717) is 0 Å². The molecule has 40 heavy (non-hydrogen) atoms. The van der Waals surface area contributed by atoms with Crippen molar-refractivity contribution in [1.29, 1.82) is 0 Å². The third-order valence-electron chi connectivity index (χ3n) is 7.71. The second-order valence-electron chi connectivity index (χ2n) is 10.7. The van der Waals surface area contributed by atoms with Crippen molar-refractivity contribution in [2.24, 2.45) is 0 Å². The first-order valence-corrected chi connectivity index (χ1v) is 24.3. The summed E-state index contributed by atoms with van der Waals surface area (Å²) < 4.78 is 28.9. The van der Waals surface area contributed by atoms with Gasteiger partial charge in [0.05, 0.1) is 32.7 Å². The summed E-state index contributed by atoms with van der Waals surface area (Å²) in [6.07, 6.45) is 3.38. The lowest BCUT2D eigenvalue weighted by Gasteiger charge is -2.36. The molecular weight excluding hydrogens is 585 g/mol. The fourth-order valence-corrected chi connectivity index (χ4v) is 12.9. The molecule has 0 aliphatic carbocycles. The second-order valence-corrected chi connectivity index (χ2v) is 22.4. The van der Waals surface area contributed by atoms with Gasteiger partial charge >= 0.3 is 18.1 Å². The first-order valence-electron chi connectivity index (χ1n) is 14.6. The number of hydrogen-bond acceptors (Lipinski definition) is 7. The maximum Gasteiger partial charge on any atom is 0.507 e. The average molecular weight is 642 g/mol. The molecule has 0 N–H and O–H groups in total. The smallest absolute Gasteiger partial charge is 0.397 e. The highest BCUT2D eigenvalue weighted by Gasteiger charge is 2.47. The summed E-state index contributed by atoms with van der Waals surface area (Å²) >= 11 is 0. The summed E-state index contributed by atoms with van der Waals surface area (Å²) in [5.74, 6) is 0. The van der Waals surface area contributed by atoms with E-state index in [4.69, 9.17) is 22.1 Å². The van der Waals surface area contributed by atoms with Gasteiger partial charge in [-0.25, -0.2) is 0 Å². The van der Waals surface area contributed by atoms with E-state index in [2.05, 4.69) is 69.9 Å². The highest BCUT2D eigenvalue weighted by molar-refractivity contribution is 6.75. The van der Waals surface area contributed by atoms with Crippen LogP contribution < -0.4 is 15.3 Å². The van der Waals surface area contributed by atoms with Crippen molar-refractivity contribution < 1.29 is 22.1 Å². The van der Waals surface area contributed by atoms with Gasteiger partial charge in [-0.15, -0.1) is 0 Å². The Labute approximate surface area is 255 Å². The van der Waals surface area contributed by atoms with Crippen LogP contribution in [-0.4, -0.2) is 119 Å². The quantitative estimate of drug-likeness (QED) is 0.150. The average Bonchev–Trinajstić information content (AvgIpc) is 2.94. The molecule has 0 saturated carbocycles. The van der Waals surface area contributed by atoms with Gasteiger partial charge in [-0.3, -0.25) is 0 Å². The van der Waals surface area contributed by atoms with E-state index in [-0.39, 0.29) is 5.54 Å². The van der Waals surface area contributed by atoms with Gasteiger partial charge in [0.2, 0.25) is 0 Å². The van der Waals surface area contributed by atoms with Crippen molar-refractivity contribution >= 4 is 61.3 Å². The topological polar surface area (TPSA) is 52.6 Å². The van der Waals surface area contributed by atoms with E-state index in [0.717, 1.165) is 54.2 Å². The minimum atomic E-state index is -2.87. The van der Waals surface area contributed by atoms with Gasteiger partial charge in [-0.05, 0) is 68.8 Å². The van der Waals surface area contributed by atoms with Crippen LogP contribution in [-0.2, 0) is 28.6 Å². The maximum atomic E-state index is 6.02. The highest BCUT2D eigenvalue weighted by Crippen LogP contribution is 2.31. The van der Waals surface area contributed by atoms with Crippen LogP contribution in [0, 0.1) is 0 Å². The van der Waals surface area contributed by atoms with E-state index < -0.39 is 35.7 Å². The molecule has 12 heteroatoms. The van der Waals surface area contributed by atoms with Crippen LogP contribution in [0.25, 0.3) is 0 Å². The van der Waals surface area contributed by atoms with Gasteiger partial charge in [-0.1, -0.05) is 50.4 Å². The first kappa shape index (κ1) is 37.9. The zero-order chi connectivity index (χ0) is 30.5. The molecule has 7 nitrogen and oxygen atoms in total. The van der Waals surface area contributed by atoms with Crippen LogP contribution in [0.1, 0.15) is 43.9 Å². The van der Waals surface area contributed by atoms with Crippen LogP contribution in [0.2, 0.25) is 38.3 Å². The molecule has 0 fully saturated rings. The molecule has 0 aliphatic rings. The Hall–Kier alpha value is -0.136. The van der Waals surface area contributed by atoms with E-state index in [9.17, 15) is 0 Å². The molecule has 1 unspecified atom stereocenters. The molecule has 1 rings (SSSR count). The van der Waals surface area contributed by atoms with Gasteiger partial charge in [0, 0.05) is 54.3 Å². The molecule has 1 aromatic carbocycles. The zero-order valence-corrected chi connectivity index (χ0v) is 32.7. The Balaban J connectivity index is 3.44. The van der Waals surface area contributed by atoms with Crippen molar-refractivity contribution in [3.8, 4) is 0 Å². The van der Waals surface area contributed by atoms with Crippen molar-refractivity contribution in [3.05, 3.63) is 17.2 Å². The van der Waals surface area contributed by atoms with Crippen LogP contribution >= 0.6 is 0 Å². The molecule has 0 amide bonds. The number of hydrogen-bond donors (Lipinski definition) is 0. The predicted octanol–water partition coefficient (Wildman–Crippen LogP) is 3.70. The molecule has 1 atom stereocenters. The zero-order valence-electron chi connectivity index (χ0n) is 27.7. The largest absolute Gasteiger partial charge is 0.507 e. The van der Waals surface area contributed by atoms with E-state index in [1.165, 1.54) is 22.5 Å². The Morgan fingerprint density at radius 2 is 1.50 bits per heavy atom. The van der Waals surface area contributed by atoms with Crippen LogP contribution in [0.3, 0.4) is 0 Å². The van der Waals surface area contributed by atoms with Crippen LogP contribution in [0.5, 0.6) is 0 Å². The fourth-order valence-electron chi connectivity index (χ4n) is 5.52. The van der Waals surface area contributed by atoms with Crippen molar-refractivity contribution in [2.75, 3.05) is 73.3 Å². The van der Waals surface area contributed by atoms with E-state index in [1.807, 2.05) is 0 Å². The number of benzene rings is 1. The second kappa shape index (κ2) is 19.2. The number of nitrogens with zero attached hydrogens (tertiary/aromatic N) is 2. The Morgan fingerprint density at radius 1 is 0.925 bits per heavy atom. The molecule has 0 bridgehead atoms. The summed E-state index contributed by atoms with van der Waals surface area (Å²) in [4.78, 5) is 5.09. The molecule has 0 aliphatic heterocycles. The fraction of sp³-hybridized carbons (Fsp3) is 0.786. The maximum absolute atomic E-state index is 6.02. The lowest BCUT2D eigenvalue weighted by Crippen LogP contribution is -2.51. The molecule has 0 heterocycles. The van der Waals surface area contributed by atoms with Gasteiger partial charge in [0.25, 0.3) is 0 Å². The normalized spacial score (nSPS) is 13.3. The van der Waals surface area contributed by atoms with Gasteiger partial charge < -0.3 is 31.9 Å². The van der Waals surface area contributed by atoms with Crippen LogP contribution in [0.15, 0.2) is 6.07 Å². The summed E-state index contributed by atoms with van der Waals surface area (Å²) in [6.45, 7) is 19.7. The third-order valence-corrected chi connectivity index (χ3v) is 16.9. The van der Waals surface area contributed by atoms with Crippen LogP contribution in [0.4, 0.5) is 5.69 Å². The number of rotatable bonds is 21. The number of anilines is 1. The monoisotopic (exact) mass is 641 g/mol. The van der Waals surface area contributed by atoms with E-state index in [1.54, 1.807) is 46.3 Å². The Kier molecular flexibility index (Phi) is 18.2. The predicted molar refractivity (Wildman–Crippen MR) is 180 cm³/mol.